The fourth-order valence-electron chi connectivity index (χ4n) is 3.59. The summed E-state index contributed by atoms with van der Waals surface area (Å²) in [6, 6.07) is 21.9. The van der Waals surface area contributed by atoms with Gasteiger partial charge in [-0.15, -0.1) is 0 Å². The maximum absolute atomic E-state index is 7.00. The first-order chi connectivity index (χ1) is 15.0. The van der Waals surface area contributed by atoms with Crippen molar-refractivity contribution < 1.29 is 9.05 Å². The van der Waals surface area contributed by atoms with Crippen molar-refractivity contribution in [2.75, 3.05) is 13.2 Å². The Hall–Kier alpha value is 1.30. The second-order valence-corrected chi connectivity index (χ2v) is 43.5. The van der Waals surface area contributed by atoms with E-state index in [9.17, 15) is 0 Å². The summed E-state index contributed by atoms with van der Waals surface area (Å²) in [4.78, 5) is 0. The van der Waals surface area contributed by atoms with Crippen LogP contribution >= 0.6 is 8.85 Å². The zero-order valence-corrected chi connectivity index (χ0v) is 26.9. The third-order valence-corrected chi connectivity index (χ3v) is 60.8. The van der Waals surface area contributed by atoms with Crippen molar-refractivity contribution in [3.63, 3.8) is 0 Å². The van der Waals surface area contributed by atoms with Gasteiger partial charge in [0.2, 0.25) is 0 Å². The van der Waals surface area contributed by atoms with Crippen molar-refractivity contribution in [1.82, 2.24) is 0 Å². The molecule has 8 heteroatoms. The Morgan fingerprint density at radius 2 is 1.13 bits per heavy atom. The summed E-state index contributed by atoms with van der Waals surface area (Å²) in [5, 5.41) is 2.75. The topological polar surface area (TPSA) is 18.5 Å². The molecule has 0 amide bonds. The molecule has 0 N–H and O–H groups in total. The molecule has 1 heterocycles. The molecule has 0 aromatic heterocycles. The predicted octanol–water partition coefficient (Wildman–Crippen LogP) is 5.24. The molecule has 3 rings (SSSR count). The Morgan fingerprint density at radius 3 is 1.48 bits per heavy atom. The summed E-state index contributed by atoms with van der Waals surface area (Å²) in [6.07, 6.45) is 7.29. The first kappa shape index (κ1) is 26.9. The second-order valence-electron chi connectivity index (χ2n) is 8.07. The fourth-order valence-corrected chi connectivity index (χ4v) is 69.6. The Bertz CT molecular complexity index is 833. The molecule has 0 saturated carbocycles. The number of hydrogen-bond donors (Lipinski definition) is 0. The molecule has 31 heavy (non-hydrogen) atoms. The van der Waals surface area contributed by atoms with Crippen molar-refractivity contribution in [1.29, 1.82) is 0 Å². The van der Waals surface area contributed by atoms with Crippen LogP contribution in [0.25, 0.3) is 0 Å². The molecule has 2 unspecified atom stereocenters. The average Bonchev–Trinajstić information content (AvgIpc) is 2.88. The van der Waals surface area contributed by atoms with Gasteiger partial charge in [0.05, 0.1) is 0 Å². The van der Waals surface area contributed by atoms with Crippen LogP contribution in [0.1, 0.15) is 52.4 Å². The van der Waals surface area contributed by atoms with Crippen LogP contribution < -0.4 is 10.6 Å². The van der Waals surface area contributed by atoms with Gasteiger partial charge in [-0.05, 0) is 0 Å². The molecule has 2 aromatic rings. The van der Waals surface area contributed by atoms with Crippen LogP contribution in [0, 0.1) is 5.41 Å². The van der Waals surface area contributed by atoms with Crippen molar-refractivity contribution in [2.45, 2.75) is 52.4 Å². The second kappa shape index (κ2) is 12.8. The third-order valence-electron chi connectivity index (χ3n) is 5.58. The molecule has 1 aliphatic heterocycles. The normalized spacial score (nSPS) is 26.5. The number of rotatable bonds is 8. The minimum absolute atomic E-state index is 0.107. The van der Waals surface area contributed by atoms with Crippen LogP contribution in [0.2, 0.25) is 0 Å². The van der Waals surface area contributed by atoms with Gasteiger partial charge in [-0.25, -0.2) is 0 Å². The Kier molecular flexibility index (Phi) is 11.1. The maximum atomic E-state index is 7.00. The summed E-state index contributed by atoms with van der Waals surface area (Å²) in [5.74, 6) is 0. The Labute approximate surface area is 214 Å². The van der Waals surface area contributed by atoms with E-state index in [1.807, 2.05) is 0 Å². The average molecular weight is 718 g/mol. The first-order valence-electron chi connectivity index (χ1n) is 10.9. The molecule has 0 bridgehead atoms. The molecular formula is C23H32O2P2Se4. The summed E-state index contributed by atoms with van der Waals surface area (Å²) in [6.45, 7) is 6.21. The van der Waals surface area contributed by atoms with Crippen LogP contribution in [-0.4, -0.2) is 68.8 Å². The molecule has 0 aliphatic carbocycles. The Balaban J connectivity index is 2.02. The van der Waals surface area contributed by atoms with E-state index in [2.05, 4.69) is 105 Å². The van der Waals surface area contributed by atoms with Crippen LogP contribution in [0.15, 0.2) is 60.7 Å². The third kappa shape index (κ3) is 7.39. The molecule has 0 radical (unpaired) electrons. The molecular weight excluding hydrogens is 686 g/mol. The molecule has 0 spiro atoms. The molecule has 2 nitrogen and oxygen atoms in total. The van der Waals surface area contributed by atoms with Crippen LogP contribution in [0.4, 0.5) is 0 Å². The molecule has 2 atom stereocenters. The monoisotopic (exact) mass is 722 g/mol. The van der Waals surface area contributed by atoms with Gasteiger partial charge in [0, 0.05) is 0 Å². The summed E-state index contributed by atoms with van der Waals surface area (Å²) in [5.41, 5.74) is 0.107. The van der Waals surface area contributed by atoms with E-state index in [-0.39, 0.29) is 5.41 Å². The van der Waals surface area contributed by atoms with Gasteiger partial charge in [-0.3, -0.25) is 0 Å². The van der Waals surface area contributed by atoms with Gasteiger partial charge in [-0.2, -0.15) is 0 Å². The SMILES string of the molecule is CCCCC1(CCCC)COP(=[Se])(c2ccccc2)[Se][Se]P(=[Se])(c2ccccc2)OC1. The van der Waals surface area contributed by atoms with E-state index in [0.29, 0.717) is 25.4 Å². The minimum atomic E-state index is -1.77. The van der Waals surface area contributed by atoms with Crippen molar-refractivity contribution in [2.24, 2.45) is 5.41 Å². The van der Waals surface area contributed by atoms with Crippen molar-refractivity contribution in [3.05, 3.63) is 60.7 Å². The van der Waals surface area contributed by atoms with Crippen molar-refractivity contribution >= 4 is 75.0 Å². The predicted molar refractivity (Wildman–Crippen MR) is 142 cm³/mol. The van der Waals surface area contributed by atoms with Gasteiger partial charge < -0.3 is 0 Å². The van der Waals surface area contributed by atoms with Crippen LogP contribution in [-0.2, 0) is 9.05 Å². The summed E-state index contributed by atoms with van der Waals surface area (Å²) >= 11 is 7.97. The fraction of sp³-hybridized carbons (Fsp3) is 0.478. The van der Waals surface area contributed by atoms with E-state index in [0.717, 1.165) is 13.2 Å². The van der Waals surface area contributed by atoms with Gasteiger partial charge >= 0.3 is 216 Å². The van der Waals surface area contributed by atoms with Gasteiger partial charge in [-0.1, -0.05) is 0 Å². The van der Waals surface area contributed by atoms with E-state index < -0.39 is 8.85 Å². The standard InChI is InChI=1S/C23H32O2P2Se4/c1-3-5-17-23(18-6-4-2)19-24-26(28,21-13-9-7-10-14-21)30-31-27(29,25-20-23)22-15-11-8-12-16-22/h7-16H,3-6,17-20H2,1-2H3. The molecule has 1 saturated heterocycles. The molecule has 1 fully saturated rings. The van der Waals surface area contributed by atoms with Crippen molar-refractivity contribution in [3.8, 4) is 0 Å². The van der Waals surface area contributed by atoms with Crippen LogP contribution in [0.5, 0.6) is 0 Å². The van der Waals surface area contributed by atoms with E-state index in [4.69, 9.17) is 9.05 Å². The zero-order valence-electron chi connectivity index (χ0n) is 18.3. The van der Waals surface area contributed by atoms with Crippen LogP contribution in [0.3, 0.4) is 0 Å². The van der Waals surface area contributed by atoms with Gasteiger partial charge in [0.25, 0.3) is 0 Å². The summed E-state index contributed by atoms with van der Waals surface area (Å²) < 4.78 is 10.5. The molecule has 2 aromatic carbocycles. The van der Waals surface area contributed by atoms with Gasteiger partial charge in [0.15, 0.2) is 0 Å². The number of hydrogen-bond acceptors (Lipinski definition) is 2. The summed E-state index contributed by atoms with van der Waals surface area (Å²) in [7, 11) is 0. The van der Waals surface area contributed by atoms with Gasteiger partial charge in [0.1, 0.15) is 0 Å². The van der Waals surface area contributed by atoms with E-state index in [1.54, 1.807) is 0 Å². The van der Waals surface area contributed by atoms with E-state index >= 15 is 0 Å². The molecule has 170 valence electrons. The number of unbranched alkanes of at least 4 members (excludes halogenated alkanes) is 2. The zero-order chi connectivity index (χ0) is 22.2. The Morgan fingerprint density at radius 1 is 0.742 bits per heavy atom. The molecule has 1 aliphatic rings. The first-order valence-corrected chi connectivity index (χ1v) is 27.5. The number of benzene rings is 2. The quantitative estimate of drug-likeness (QED) is 0.275. The van der Waals surface area contributed by atoms with E-state index in [1.165, 1.54) is 49.1 Å².